The Hall–Kier alpha value is -0.830. The third kappa shape index (κ3) is 4.98. The molecule has 0 bridgehead atoms. The van der Waals surface area contributed by atoms with Gasteiger partial charge in [-0.2, -0.15) is 0 Å². The number of hydrogen-bond donors (Lipinski definition) is 1. The lowest BCUT2D eigenvalue weighted by Crippen LogP contribution is -2.27. The van der Waals surface area contributed by atoms with Crippen LogP contribution >= 0.6 is 11.6 Å². The number of aliphatic hydroxyl groups excluding tert-OH is 1. The first-order valence-electron chi connectivity index (χ1n) is 4.93. The van der Waals surface area contributed by atoms with Crippen LogP contribution in [0.25, 0.3) is 0 Å². The summed E-state index contributed by atoms with van der Waals surface area (Å²) in [4.78, 5) is 2.06. The molecular weight excluding hydrogens is 210 g/mol. The topological polar surface area (TPSA) is 23.5 Å². The third-order valence-corrected chi connectivity index (χ3v) is 2.18. The van der Waals surface area contributed by atoms with Gasteiger partial charge in [0.2, 0.25) is 0 Å². The Bertz CT molecular complexity index is 300. The smallest absolute Gasteiger partial charge is 0.0558 e. The van der Waals surface area contributed by atoms with Gasteiger partial charge in [0.1, 0.15) is 0 Å². The van der Waals surface area contributed by atoms with Crippen molar-refractivity contribution in [3.05, 3.63) is 47.5 Å². The highest BCUT2D eigenvalue weighted by molar-refractivity contribution is 6.29. The van der Waals surface area contributed by atoms with Crippen LogP contribution in [0.2, 0.25) is 0 Å². The average molecular weight is 226 g/mol. The number of hydrogen-bond acceptors (Lipinski definition) is 2. The van der Waals surface area contributed by atoms with Crippen molar-refractivity contribution in [2.75, 3.05) is 19.7 Å². The predicted molar refractivity (Wildman–Crippen MR) is 63.8 cm³/mol. The molecule has 0 spiro atoms. The van der Waals surface area contributed by atoms with Crippen LogP contribution in [0.4, 0.5) is 0 Å². The minimum Gasteiger partial charge on any atom is -0.395 e. The van der Waals surface area contributed by atoms with Crippen LogP contribution in [0, 0.1) is 0 Å². The van der Waals surface area contributed by atoms with Gasteiger partial charge >= 0.3 is 0 Å². The fraction of sp³-hybridized carbons (Fsp3) is 0.333. The van der Waals surface area contributed by atoms with E-state index in [1.54, 1.807) is 0 Å². The van der Waals surface area contributed by atoms with E-state index in [0.29, 0.717) is 18.1 Å². The zero-order valence-corrected chi connectivity index (χ0v) is 9.45. The number of rotatable bonds is 6. The van der Waals surface area contributed by atoms with Crippen LogP contribution in [-0.2, 0) is 6.54 Å². The number of halogens is 1. The van der Waals surface area contributed by atoms with Crippen LogP contribution < -0.4 is 0 Å². The zero-order valence-electron chi connectivity index (χ0n) is 8.69. The van der Waals surface area contributed by atoms with Crippen molar-refractivity contribution in [1.29, 1.82) is 0 Å². The maximum absolute atomic E-state index is 8.91. The lowest BCUT2D eigenvalue weighted by Gasteiger charge is -2.20. The Kier molecular flexibility index (Phi) is 5.40. The summed E-state index contributed by atoms with van der Waals surface area (Å²) in [7, 11) is 0. The molecule has 1 N–H and O–H groups in total. The summed E-state index contributed by atoms with van der Waals surface area (Å²) in [5, 5.41) is 9.51. The van der Waals surface area contributed by atoms with E-state index in [0.717, 1.165) is 6.54 Å². The fourth-order valence-corrected chi connectivity index (χ4v) is 1.61. The molecule has 0 saturated carbocycles. The fourth-order valence-electron chi connectivity index (χ4n) is 1.44. The molecule has 0 saturated heterocycles. The van der Waals surface area contributed by atoms with Gasteiger partial charge in [0, 0.05) is 24.7 Å². The molecule has 0 aliphatic rings. The van der Waals surface area contributed by atoms with Gasteiger partial charge in [-0.1, -0.05) is 48.5 Å². The minimum absolute atomic E-state index is 0.136. The molecule has 2 nitrogen and oxygen atoms in total. The molecule has 0 aliphatic carbocycles. The molecule has 15 heavy (non-hydrogen) atoms. The highest BCUT2D eigenvalue weighted by Crippen LogP contribution is 2.07. The van der Waals surface area contributed by atoms with Gasteiger partial charge in [-0.25, -0.2) is 0 Å². The Morgan fingerprint density at radius 3 is 2.53 bits per heavy atom. The predicted octanol–water partition coefficient (Wildman–Crippen LogP) is 2.23. The highest BCUT2D eigenvalue weighted by Gasteiger charge is 2.05. The van der Waals surface area contributed by atoms with E-state index in [1.165, 1.54) is 5.56 Å². The first-order chi connectivity index (χ1) is 7.22. The van der Waals surface area contributed by atoms with E-state index in [-0.39, 0.29) is 6.61 Å². The molecule has 0 amide bonds. The Labute approximate surface area is 95.8 Å². The largest absolute Gasteiger partial charge is 0.395 e. The summed E-state index contributed by atoms with van der Waals surface area (Å²) in [5.74, 6) is 0. The maximum atomic E-state index is 8.91. The summed E-state index contributed by atoms with van der Waals surface area (Å²) in [6.45, 7) is 5.80. The first-order valence-corrected chi connectivity index (χ1v) is 5.30. The molecule has 82 valence electrons. The van der Waals surface area contributed by atoms with Gasteiger partial charge in [-0.3, -0.25) is 4.90 Å². The summed E-state index contributed by atoms with van der Waals surface area (Å²) < 4.78 is 0. The Morgan fingerprint density at radius 2 is 2.00 bits per heavy atom. The second-order valence-electron chi connectivity index (χ2n) is 3.44. The van der Waals surface area contributed by atoms with Gasteiger partial charge < -0.3 is 5.11 Å². The van der Waals surface area contributed by atoms with Crippen molar-refractivity contribution in [1.82, 2.24) is 4.90 Å². The van der Waals surface area contributed by atoms with Crippen LogP contribution in [0.5, 0.6) is 0 Å². The average Bonchev–Trinajstić information content (AvgIpc) is 2.18. The summed E-state index contributed by atoms with van der Waals surface area (Å²) in [6, 6.07) is 10.1. The molecule has 0 atom stereocenters. The number of aliphatic hydroxyl groups is 1. The highest BCUT2D eigenvalue weighted by atomic mass is 35.5. The van der Waals surface area contributed by atoms with Crippen LogP contribution in [0.3, 0.4) is 0 Å². The monoisotopic (exact) mass is 225 g/mol. The molecule has 0 aromatic heterocycles. The Morgan fingerprint density at radius 1 is 1.33 bits per heavy atom. The molecule has 1 aromatic carbocycles. The van der Waals surface area contributed by atoms with E-state index in [2.05, 4.69) is 23.6 Å². The maximum Gasteiger partial charge on any atom is 0.0558 e. The Balaban J connectivity index is 2.54. The van der Waals surface area contributed by atoms with Crippen molar-refractivity contribution in [2.24, 2.45) is 0 Å². The first kappa shape index (κ1) is 12.2. The van der Waals surface area contributed by atoms with E-state index in [9.17, 15) is 0 Å². The van der Waals surface area contributed by atoms with Crippen LogP contribution in [0.1, 0.15) is 5.56 Å². The second-order valence-corrected chi connectivity index (χ2v) is 3.97. The van der Waals surface area contributed by atoms with Crippen molar-refractivity contribution in [3.8, 4) is 0 Å². The molecule has 0 heterocycles. The van der Waals surface area contributed by atoms with Crippen molar-refractivity contribution < 1.29 is 5.11 Å². The molecule has 0 unspecified atom stereocenters. The minimum atomic E-state index is 0.136. The van der Waals surface area contributed by atoms with E-state index < -0.39 is 0 Å². The van der Waals surface area contributed by atoms with Crippen molar-refractivity contribution in [2.45, 2.75) is 6.54 Å². The molecule has 3 heteroatoms. The molecule has 1 aromatic rings. The molecule has 0 radical (unpaired) electrons. The molecule has 0 fully saturated rings. The molecular formula is C12H16ClNO. The van der Waals surface area contributed by atoms with Gasteiger partial charge in [0.25, 0.3) is 0 Å². The molecule has 0 aliphatic heterocycles. The van der Waals surface area contributed by atoms with E-state index in [1.807, 2.05) is 18.2 Å². The van der Waals surface area contributed by atoms with Crippen LogP contribution in [-0.4, -0.2) is 29.7 Å². The summed E-state index contributed by atoms with van der Waals surface area (Å²) >= 11 is 5.76. The standard InChI is InChI=1S/C12H16ClNO/c1-11(13)9-14(7-8-15)10-12-5-3-2-4-6-12/h2-6,15H,1,7-10H2. The summed E-state index contributed by atoms with van der Waals surface area (Å²) in [5.41, 5.74) is 1.21. The number of nitrogens with zero attached hydrogens (tertiary/aromatic N) is 1. The van der Waals surface area contributed by atoms with Crippen LogP contribution in [0.15, 0.2) is 41.9 Å². The lowest BCUT2D eigenvalue weighted by molar-refractivity contribution is 0.202. The quantitative estimate of drug-likeness (QED) is 0.803. The second kappa shape index (κ2) is 6.62. The van der Waals surface area contributed by atoms with Gasteiger partial charge in [0.05, 0.1) is 6.61 Å². The zero-order chi connectivity index (χ0) is 11.1. The van der Waals surface area contributed by atoms with Gasteiger partial charge in [-0.05, 0) is 5.56 Å². The molecule has 1 rings (SSSR count). The van der Waals surface area contributed by atoms with E-state index >= 15 is 0 Å². The number of benzene rings is 1. The van der Waals surface area contributed by atoms with Crippen molar-refractivity contribution in [3.63, 3.8) is 0 Å². The third-order valence-electron chi connectivity index (χ3n) is 2.06. The van der Waals surface area contributed by atoms with Gasteiger partial charge in [0.15, 0.2) is 0 Å². The summed E-state index contributed by atoms with van der Waals surface area (Å²) in [6.07, 6.45) is 0. The van der Waals surface area contributed by atoms with E-state index in [4.69, 9.17) is 16.7 Å². The van der Waals surface area contributed by atoms with Gasteiger partial charge in [-0.15, -0.1) is 0 Å². The van der Waals surface area contributed by atoms with Crippen molar-refractivity contribution >= 4 is 11.6 Å². The normalized spacial score (nSPS) is 10.6. The SMILES string of the molecule is C=C(Cl)CN(CCO)Cc1ccccc1. The lowest BCUT2D eigenvalue weighted by atomic mass is 10.2.